The Bertz CT molecular complexity index is 291. The van der Waals surface area contributed by atoms with E-state index >= 15 is 0 Å². The molecule has 0 aromatic rings. The van der Waals surface area contributed by atoms with Gasteiger partial charge in [-0.25, -0.2) is 0 Å². The van der Waals surface area contributed by atoms with Crippen molar-refractivity contribution in [1.29, 1.82) is 0 Å². The first-order chi connectivity index (χ1) is 7.19. The van der Waals surface area contributed by atoms with E-state index in [9.17, 15) is 9.59 Å². The van der Waals surface area contributed by atoms with Crippen LogP contribution in [0.2, 0.25) is 0 Å². The van der Waals surface area contributed by atoms with Crippen LogP contribution in [0.5, 0.6) is 0 Å². The molecule has 2 aliphatic rings. The summed E-state index contributed by atoms with van der Waals surface area (Å²) in [6.45, 7) is 0. The summed E-state index contributed by atoms with van der Waals surface area (Å²) >= 11 is 0. The smallest absolute Gasteiger partial charge is 0.310 e. The fourth-order valence-electron chi connectivity index (χ4n) is 2.74. The van der Waals surface area contributed by atoms with Crippen molar-refractivity contribution in [3.05, 3.63) is 12.2 Å². The zero-order valence-corrected chi connectivity index (χ0v) is 8.80. The molecule has 0 aliphatic heterocycles. The van der Waals surface area contributed by atoms with Gasteiger partial charge in [0, 0.05) is 0 Å². The van der Waals surface area contributed by atoms with Crippen LogP contribution in [0, 0.1) is 23.7 Å². The van der Waals surface area contributed by atoms with Gasteiger partial charge in [0.05, 0.1) is 26.1 Å². The molecule has 4 unspecified atom stereocenters. The Morgan fingerprint density at radius 2 is 1.40 bits per heavy atom. The minimum absolute atomic E-state index is 0.145. The summed E-state index contributed by atoms with van der Waals surface area (Å²) in [4.78, 5) is 23.1. The summed E-state index contributed by atoms with van der Waals surface area (Å²) < 4.78 is 9.46. The van der Waals surface area contributed by atoms with Gasteiger partial charge in [-0.1, -0.05) is 12.2 Å². The molecule has 0 aromatic heterocycles. The highest BCUT2D eigenvalue weighted by molar-refractivity contribution is 5.84. The van der Waals surface area contributed by atoms with Gasteiger partial charge in [-0.2, -0.15) is 0 Å². The molecule has 0 N–H and O–H groups in total. The Kier molecular flexibility index (Phi) is 2.50. The molecular formula is C11H14O4. The number of carbonyl (C=O) groups is 2. The lowest BCUT2D eigenvalue weighted by molar-refractivity contribution is -0.158. The minimum Gasteiger partial charge on any atom is -0.469 e. The van der Waals surface area contributed by atoms with Gasteiger partial charge in [0.25, 0.3) is 0 Å². The second-order valence-electron chi connectivity index (χ2n) is 4.05. The maximum atomic E-state index is 11.6. The summed E-state index contributed by atoms with van der Waals surface area (Å²) in [5, 5.41) is 0. The zero-order chi connectivity index (χ0) is 11.0. The van der Waals surface area contributed by atoms with E-state index in [0.717, 1.165) is 6.42 Å². The van der Waals surface area contributed by atoms with E-state index in [0.29, 0.717) is 0 Å². The molecule has 0 radical (unpaired) electrons. The molecule has 0 amide bonds. The van der Waals surface area contributed by atoms with Crippen molar-refractivity contribution in [2.75, 3.05) is 14.2 Å². The maximum absolute atomic E-state index is 11.6. The second kappa shape index (κ2) is 3.68. The molecule has 1 fully saturated rings. The van der Waals surface area contributed by atoms with Crippen LogP contribution < -0.4 is 0 Å². The Balaban J connectivity index is 2.24. The average Bonchev–Trinajstić information content (AvgIpc) is 2.86. The van der Waals surface area contributed by atoms with Gasteiger partial charge in [0.15, 0.2) is 0 Å². The quantitative estimate of drug-likeness (QED) is 0.499. The first kappa shape index (κ1) is 10.2. The molecule has 0 saturated heterocycles. The topological polar surface area (TPSA) is 52.6 Å². The number of fused-ring (bicyclic) bond motifs is 2. The number of esters is 2. The van der Waals surface area contributed by atoms with Crippen molar-refractivity contribution >= 4 is 11.9 Å². The maximum Gasteiger partial charge on any atom is 0.310 e. The number of carbonyl (C=O) groups excluding carboxylic acids is 2. The fourth-order valence-corrected chi connectivity index (χ4v) is 2.74. The molecule has 4 nitrogen and oxygen atoms in total. The predicted octanol–water partition coefficient (Wildman–Crippen LogP) is 0.771. The van der Waals surface area contributed by atoms with Crippen molar-refractivity contribution < 1.29 is 19.1 Å². The van der Waals surface area contributed by atoms with Gasteiger partial charge < -0.3 is 9.47 Å². The highest BCUT2D eigenvalue weighted by atomic mass is 16.5. The van der Waals surface area contributed by atoms with E-state index in [-0.39, 0.29) is 35.6 Å². The van der Waals surface area contributed by atoms with Gasteiger partial charge in [0.2, 0.25) is 0 Å². The van der Waals surface area contributed by atoms with Crippen LogP contribution in [0.15, 0.2) is 12.2 Å². The lowest BCUT2D eigenvalue weighted by Gasteiger charge is -2.23. The van der Waals surface area contributed by atoms with Gasteiger partial charge in [-0.05, 0) is 18.3 Å². The molecule has 2 bridgehead atoms. The SMILES string of the molecule is COC(=O)C1C2C=CC(C2)C1C(=O)OC. The molecule has 2 aliphatic carbocycles. The van der Waals surface area contributed by atoms with E-state index < -0.39 is 0 Å². The van der Waals surface area contributed by atoms with Crippen molar-refractivity contribution in [2.45, 2.75) is 6.42 Å². The number of ether oxygens (including phenoxy) is 2. The highest BCUT2D eigenvalue weighted by Crippen LogP contribution is 2.48. The zero-order valence-electron chi connectivity index (χ0n) is 8.80. The summed E-state index contributed by atoms with van der Waals surface area (Å²) in [6.07, 6.45) is 4.87. The number of allylic oxidation sites excluding steroid dienone is 2. The van der Waals surface area contributed by atoms with Crippen LogP contribution in [0.25, 0.3) is 0 Å². The lowest BCUT2D eigenvalue weighted by atomic mass is 9.83. The molecule has 1 saturated carbocycles. The highest BCUT2D eigenvalue weighted by Gasteiger charge is 2.52. The summed E-state index contributed by atoms with van der Waals surface area (Å²) in [7, 11) is 2.71. The monoisotopic (exact) mass is 210 g/mol. The van der Waals surface area contributed by atoms with E-state index in [1.54, 1.807) is 0 Å². The van der Waals surface area contributed by atoms with Crippen LogP contribution >= 0.6 is 0 Å². The Hall–Kier alpha value is -1.32. The molecule has 0 heterocycles. The summed E-state index contributed by atoms with van der Waals surface area (Å²) in [5.41, 5.74) is 0. The summed E-state index contributed by atoms with van der Waals surface area (Å²) in [5.74, 6) is -1.02. The third-order valence-corrected chi connectivity index (χ3v) is 3.41. The third-order valence-electron chi connectivity index (χ3n) is 3.41. The number of methoxy groups -OCH3 is 2. The van der Waals surface area contributed by atoms with Gasteiger partial charge in [-0.3, -0.25) is 9.59 Å². The average molecular weight is 210 g/mol. The normalized spacial score (nSPS) is 36.7. The molecule has 0 spiro atoms. The third kappa shape index (κ3) is 1.44. The van der Waals surface area contributed by atoms with Crippen molar-refractivity contribution in [3.8, 4) is 0 Å². The standard InChI is InChI=1S/C11H14O4/c1-14-10(12)8-6-3-4-7(5-6)9(8)11(13)15-2/h3-4,6-9H,5H2,1-2H3. The van der Waals surface area contributed by atoms with Crippen LogP contribution in [0.1, 0.15) is 6.42 Å². The molecule has 0 aromatic carbocycles. The van der Waals surface area contributed by atoms with E-state index in [2.05, 4.69) is 0 Å². The largest absolute Gasteiger partial charge is 0.469 e. The number of hydrogen-bond donors (Lipinski definition) is 0. The van der Waals surface area contributed by atoms with Gasteiger partial charge in [-0.15, -0.1) is 0 Å². The molecule has 4 atom stereocenters. The number of hydrogen-bond acceptors (Lipinski definition) is 4. The fraction of sp³-hybridized carbons (Fsp3) is 0.636. The van der Waals surface area contributed by atoms with Crippen LogP contribution in [0.3, 0.4) is 0 Å². The molecular weight excluding hydrogens is 196 g/mol. The van der Waals surface area contributed by atoms with Crippen molar-refractivity contribution in [1.82, 2.24) is 0 Å². The van der Waals surface area contributed by atoms with Crippen molar-refractivity contribution in [2.24, 2.45) is 23.7 Å². The van der Waals surface area contributed by atoms with Crippen LogP contribution in [-0.2, 0) is 19.1 Å². The first-order valence-corrected chi connectivity index (χ1v) is 5.03. The van der Waals surface area contributed by atoms with Gasteiger partial charge in [0.1, 0.15) is 0 Å². The van der Waals surface area contributed by atoms with Crippen LogP contribution in [-0.4, -0.2) is 26.2 Å². The molecule has 82 valence electrons. The van der Waals surface area contributed by atoms with Gasteiger partial charge >= 0.3 is 11.9 Å². The molecule has 2 rings (SSSR count). The second-order valence-corrected chi connectivity index (χ2v) is 4.05. The minimum atomic E-state index is -0.350. The molecule has 15 heavy (non-hydrogen) atoms. The Morgan fingerprint density at radius 3 is 1.73 bits per heavy atom. The van der Waals surface area contributed by atoms with E-state index in [1.165, 1.54) is 14.2 Å². The first-order valence-electron chi connectivity index (χ1n) is 5.03. The molecule has 4 heteroatoms. The van der Waals surface area contributed by atoms with Crippen molar-refractivity contribution in [3.63, 3.8) is 0 Å². The van der Waals surface area contributed by atoms with Crippen LogP contribution in [0.4, 0.5) is 0 Å². The Labute approximate surface area is 88.2 Å². The van der Waals surface area contributed by atoms with E-state index in [1.807, 2.05) is 12.2 Å². The number of rotatable bonds is 2. The predicted molar refractivity (Wildman–Crippen MR) is 51.7 cm³/mol. The van der Waals surface area contributed by atoms with E-state index in [4.69, 9.17) is 9.47 Å². The Morgan fingerprint density at radius 1 is 1.00 bits per heavy atom. The lowest BCUT2D eigenvalue weighted by Crippen LogP contribution is -2.34. The summed E-state index contributed by atoms with van der Waals surface area (Å²) in [6, 6.07) is 0.